The third-order valence-corrected chi connectivity index (χ3v) is 6.90. The standard InChI is InChI=1S/C21H21N3O4S/c1-14-12-17(16-6-2-3-7-18(16)22-14)21(26)23-19-13-15(8-9-20(19)25)29(27,28)24-10-4-5-11-24/h2-3,6-9,12-13,25H,4-5,10-11H2,1H3,(H,23,26). The van der Waals surface area contributed by atoms with Crippen LogP contribution < -0.4 is 5.32 Å². The van der Waals surface area contributed by atoms with E-state index in [0.29, 0.717) is 35.2 Å². The van der Waals surface area contributed by atoms with Gasteiger partial charge in [-0.15, -0.1) is 0 Å². The van der Waals surface area contributed by atoms with Crippen molar-refractivity contribution in [1.82, 2.24) is 9.29 Å². The first kappa shape index (κ1) is 19.4. The number of nitrogens with one attached hydrogen (secondary N) is 1. The van der Waals surface area contributed by atoms with Crippen LogP contribution in [-0.2, 0) is 10.0 Å². The first-order valence-corrected chi connectivity index (χ1v) is 10.8. The molecule has 8 heteroatoms. The lowest BCUT2D eigenvalue weighted by atomic mass is 10.1. The van der Waals surface area contributed by atoms with Crippen molar-refractivity contribution in [3.63, 3.8) is 0 Å². The van der Waals surface area contributed by atoms with E-state index >= 15 is 0 Å². The Balaban J connectivity index is 1.69. The largest absolute Gasteiger partial charge is 0.506 e. The second kappa shape index (κ2) is 7.46. The maximum Gasteiger partial charge on any atom is 0.256 e. The zero-order valence-electron chi connectivity index (χ0n) is 15.9. The van der Waals surface area contributed by atoms with Crippen molar-refractivity contribution in [1.29, 1.82) is 0 Å². The fourth-order valence-electron chi connectivity index (χ4n) is 3.54. The number of fused-ring (bicyclic) bond motifs is 1. The number of aromatic nitrogens is 1. The molecule has 2 N–H and O–H groups in total. The number of aromatic hydroxyl groups is 1. The number of pyridine rings is 1. The number of carbonyl (C=O) groups excluding carboxylic acids is 1. The molecular weight excluding hydrogens is 390 g/mol. The quantitative estimate of drug-likeness (QED) is 0.642. The molecule has 1 saturated heterocycles. The van der Waals surface area contributed by atoms with Crippen molar-refractivity contribution in [3.8, 4) is 5.75 Å². The molecule has 1 amide bonds. The Morgan fingerprint density at radius 1 is 1.10 bits per heavy atom. The van der Waals surface area contributed by atoms with E-state index in [1.165, 1.54) is 22.5 Å². The zero-order valence-corrected chi connectivity index (χ0v) is 16.7. The second-order valence-corrected chi connectivity index (χ2v) is 9.01. The molecule has 1 aliphatic heterocycles. The summed E-state index contributed by atoms with van der Waals surface area (Å²) in [4.78, 5) is 17.4. The molecule has 2 aromatic carbocycles. The number of sulfonamides is 1. The molecule has 150 valence electrons. The normalized spacial score (nSPS) is 14.9. The van der Waals surface area contributed by atoms with Gasteiger partial charge < -0.3 is 10.4 Å². The van der Waals surface area contributed by atoms with E-state index in [4.69, 9.17) is 0 Å². The van der Waals surface area contributed by atoms with Gasteiger partial charge in [0, 0.05) is 24.2 Å². The minimum atomic E-state index is -3.66. The second-order valence-electron chi connectivity index (χ2n) is 7.07. The summed E-state index contributed by atoms with van der Waals surface area (Å²) < 4.78 is 27.0. The number of carbonyl (C=O) groups is 1. The number of benzene rings is 2. The first-order valence-electron chi connectivity index (χ1n) is 9.37. The Labute approximate surface area is 169 Å². The summed E-state index contributed by atoms with van der Waals surface area (Å²) >= 11 is 0. The van der Waals surface area contributed by atoms with Gasteiger partial charge in [-0.25, -0.2) is 8.42 Å². The monoisotopic (exact) mass is 411 g/mol. The van der Waals surface area contributed by atoms with Crippen LogP contribution in [-0.4, -0.2) is 41.8 Å². The Morgan fingerprint density at radius 3 is 2.59 bits per heavy atom. The maximum atomic E-state index is 12.9. The highest BCUT2D eigenvalue weighted by molar-refractivity contribution is 7.89. The Morgan fingerprint density at radius 2 is 1.83 bits per heavy atom. The lowest BCUT2D eigenvalue weighted by Gasteiger charge is -2.17. The van der Waals surface area contributed by atoms with E-state index in [9.17, 15) is 18.3 Å². The zero-order chi connectivity index (χ0) is 20.6. The summed E-state index contributed by atoms with van der Waals surface area (Å²) in [6.45, 7) is 2.75. The number of amides is 1. The van der Waals surface area contributed by atoms with Crippen molar-refractivity contribution >= 4 is 32.5 Å². The van der Waals surface area contributed by atoms with Crippen LogP contribution in [0.4, 0.5) is 5.69 Å². The molecule has 1 fully saturated rings. The molecule has 0 bridgehead atoms. The molecule has 3 aromatic rings. The molecule has 2 heterocycles. The van der Waals surface area contributed by atoms with Crippen LogP contribution in [0.2, 0.25) is 0 Å². The molecule has 29 heavy (non-hydrogen) atoms. The summed E-state index contributed by atoms with van der Waals surface area (Å²) in [6.07, 6.45) is 1.66. The molecule has 0 atom stereocenters. The van der Waals surface area contributed by atoms with E-state index < -0.39 is 15.9 Å². The molecule has 4 rings (SSSR count). The fourth-order valence-corrected chi connectivity index (χ4v) is 5.08. The van der Waals surface area contributed by atoms with E-state index in [-0.39, 0.29) is 16.3 Å². The van der Waals surface area contributed by atoms with Crippen LogP contribution in [0.5, 0.6) is 5.75 Å². The average Bonchev–Trinajstić information content (AvgIpc) is 3.24. The van der Waals surface area contributed by atoms with Crippen LogP contribution in [0.1, 0.15) is 28.9 Å². The van der Waals surface area contributed by atoms with Gasteiger partial charge in [0.05, 0.1) is 21.7 Å². The molecule has 0 saturated carbocycles. The number of phenols is 1. The van der Waals surface area contributed by atoms with Crippen LogP contribution >= 0.6 is 0 Å². The van der Waals surface area contributed by atoms with Crippen LogP contribution in [0, 0.1) is 6.92 Å². The maximum absolute atomic E-state index is 12.9. The summed E-state index contributed by atoms with van der Waals surface area (Å²) in [6, 6.07) is 12.9. The highest BCUT2D eigenvalue weighted by Crippen LogP contribution is 2.30. The fraction of sp³-hybridized carbons (Fsp3) is 0.238. The smallest absolute Gasteiger partial charge is 0.256 e. The van der Waals surface area contributed by atoms with Crippen molar-refractivity contribution in [3.05, 3.63) is 59.8 Å². The molecule has 0 radical (unpaired) electrons. The predicted octanol–water partition coefficient (Wildman–Crippen LogP) is 3.29. The molecule has 0 unspecified atom stereocenters. The highest BCUT2D eigenvalue weighted by Gasteiger charge is 2.28. The van der Waals surface area contributed by atoms with Crippen molar-refractivity contribution in [2.75, 3.05) is 18.4 Å². The van der Waals surface area contributed by atoms with Gasteiger partial charge in [-0.2, -0.15) is 4.31 Å². The summed E-state index contributed by atoms with van der Waals surface area (Å²) in [7, 11) is -3.66. The average molecular weight is 411 g/mol. The molecule has 1 aliphatic rings. The van der Waals surface area contributed by atoms with Gasteiger partial charge >= 0.3 is 0 Å². The highest BCUT2D eigenvalue weighted by atomic mass is 32.2. The van der Waals surface area contributed by atoms with Gasteiger partial charge in [0.1, 0.15) is 5.75 Å². The summed E-state index contributed by atoms with van der Waals surface area (Å²) in [5, 5.41) is 13.5. The van der Waals surface area contributed by atoms with Crippen molar-refractivity contribution in [2.24, 2.45) is 0 Å². The van der Waals surface area contributed by atoms with Crippen molar-refractivity contribution < 1.29 is 18.3 Å². The van der Waals surface area contributed by atoms with E-state index in [1.807, 2.05) is 18.2 Å². The van der Waals surface area contributed by atoms with Crippen LogP contribution in [0.25, 0.3) is 10.9 Å². The van der Waals surface area contributed by atoms with Gasteiger partial charge in [0.15, 0.2) is 0 Å². The molecule has 7 nitrogen and oxygen atoms in total. The number of hydrogen-bond donors (Lipinski definition) is 2. The molecule has 1 aromatic heterocycles. The number of phenolic OH excluding ortho intramolecular Hbond substituents is 1. The lowest BCUT2D eigenvalue weighted by molar-refractivity contribution is 0.102. The van der Waals surface area contributed by atoms with Crippen molar-refractivity contribution in [2.45, 2.75) is 24.7 Å². The predicted molar refractivity (Wildman–Crippen MR) is 111 cm³/mol. The van der Waals surface area contributed by atoms with E-state index in [2.05, 4.69) is 10.3 Å². The topological polar surface area (TPSA) is 99.6 Å². The van der Waals surface area contributed by atoms with Gasteiger partial charge in [0.25, 0.3) is 5.91 Å². The number of nitrogens with zero attached hydrogens (tertiary/aromatic N) is 2. The number of rotatable bonds is 4. The summed E-state index contributed by atoms with van der Waals surface area (Å²) in [5.74, 6) is -0.647. The number of aryl methyl sites for hydroxylation is 1. The minimum Gasteiger partial charge on any atom is -0.506 e. The lowest BCUT2D eigenvalue weighted by Crippen LogP contribution is -2.28. The molecular formula is C21H21N3O4S. The minimum absolute atomic E-state index is 0.0447. The molecule has 0 aliphatic carbocycles. The van der Waals surface area contributed by atoms with Crippen LogP contribution in [0.3, 0.4) is 0 Å². The number of para-hydroxylation sites is 1. The van der Waals surface area contributed by atoms with E-state index in [1.54, 1.807) is 19.1 Å². The van der Waals surface area contributed by atoms with E-state index in [0.717, 1.165) is 12.8 Å². The summed E-state index contributed by atoms with van der Waals surface area (Å²) in [5.41, 5.74) is 1.82. The number of hydrogen-bond acceptors (Lipinski definition) is 5. The SMILES string of the molecule is Cc1cc(C(=O)Nc2cc(S(=O)(=O)N3CCCC3)ccc2O)c2ccccc2n1. The molecule has 0 spiro atoms. The van der Waals surface area contributed by atoms with Gasteiger partial charge in [-0.05, 0) is 50.1 Å². The Bertz CT molecular complexity index is 1200. The first-order chi connectivity index (χ1) is 13.9. The third-order valence-electron chi connectivity index (χ3n) is 5.01. The number of anilines is 1. The van der Waals surface area contributed by atoms with Gasteiger partial charge in [-0.3, -0.25) is 9.78 Å². The third kappa shape index (κ3) is 3.68. The Kier molecular flexibility index (Phi) is 4.97. The van der Waals surface area contributed by atoms with Crippen LogP contribution in [0.15, 0.2) is 53.4 Å². The Hall–Kier alpha value is -2.97. The van der Waals surface area contributed by atoms with Gasteiger partial charge in [0.2, 0.25) is 10.0 Å². The van der Waals surface area contributed by atoms with Gasteiger partial charge in [-0.1, -0.05) is 18.2 Å².